The van der Waals surface area contributed by atoms with Crippen molar-refractivity contribution in [1.82, 2.24) is 15.2 Å². The second kappa shape index (κ2) is 3.96. The minimum absolute atomic E-state index is 0.613. The van der Waals surface area contributed by atoms with Gasteiger partial charge in [0.2, 0.25) is 0 Å². The summed E-state index contributed by atoms with van der Waals surface area (Å²) >= 11 is 0. The van der Waals surface area contributed by atoms with Crippen LogP contribution in [0.25, 0.3) is 0 Å². The van der Waals surface area contributed by atoms with Gasteiger partial charge in [-0.2, -0.15) is 5.10 Å². The summed E-state index contributed by atoms with van der Waals surface area (Å²) in [4.78, 5) is 4.46. The summed E-state index contributed by atoms with van der Waals surface area (Å²) in [7, 11) is 0. The van der Waals surface area contributed by atoms with Crippen LogP contribution < -0.4 is 5.32 Å². The van der Waals surface area contributed by atoms with E-state index in [-0.39, 0.29) is 0 Å². The molecule has 0 radical (unpaired) electrons. The molecule has 2 N–H and O–H groups in total. The van der Waals surface area contributed by atoms with Gasteiger partial charge < -0.3 is 5.32 Å². The van der Waals surface area contributed by atoms with E-state index in [1.54, 1.807) is 0 Å². The van der Waals surface area contributed by atoms with Crippen LogP contribution in [0, 0.1) is 0 Å². The Morgan fingerprint density at radius 2 is 2.06 bits per heavy atom. The lowest BCUT2D eigenvalue weighted by Gasteiger charge is -2.02. The number of anilines is 1. The first-order valence-corrected chi connectivity index (χ1v) is 5.62. The lowest BCUT2D eigenvalue weighted by Crippen LogP contribution is -2.00. The minimum atomic E-state index is 0.613. The summed E-state index contributed by atoms with van der Waals surface area (Å²) in [5.41, 5.74) is 1.10. The van der Waals surface area contributed by atoms with Gasteiger partial charge in [-0.25, -0.2) is 4.98 Å². The van der Waals surface area contributed by atoms with Crippen LogP contribution in [-0.2, 0) is 6.54 Å². The SMILES string of the molecule is c1ccc(NCc2nc(C3CC3)n[nH]2)cc1. The monoisotopic (exact) mass is 214 g/mol. The molecule has 0 unspecified atom stereocenters. The average molecular weight is 214 g/mol. The third-order valence-electron chi connectivity index (χ3n) is 2.73. The number of rotatable bonds is 4. The summed E-state index contributed by atoms with van der Waals surface area (Å²) in [5.74, 6) is 2.50. The second-order valence-corrected chi connectivity index (χ2v) is 4.13. The van der Waals surface area contributed by atoms with E-state index in [4.69, 9.17) is 0 Å². The second-order valence-electron chi connectivity index (χ2n) is 4.13. The van der Waals surface area contributed by atoms with Gasteiger partial charge >= 0.3 is 0 Å². The number of para-hydroxylation sites is 1. The van der Waals surface area contributed by atoms with E-state index >= 15 is 0 Å². The van der Waals surface area contributed by atoms with E-state index < -0.39 is 0 Å². The fraction of sp³-hybridized carbons (Fsp3) is 0.333. The molecular weight excluding hydrogens is 200 g/mol. The predicted octanol–water partition coefficient (Wildman–Crippen LogP) is 2.29. The topological polar surface area (TPSA) is 53.6 Å². The van der Waals surface area contributed by atoms with Crippen molar-refractivity contribution in [3.8, 4) is 0 Å². The first kappa shape index (κ1) is 9.39. The lowest BCUT2D eigenvalue weighted by molar-refractivity contribution is 0.931. The summed E-state index contributed by atoms with van der Waals surface area (Å²) < 4.78 is 0. The first-order valence-electron chi connectivity index (χ1n) is 5.62. The van der Waals surface area contributed by atoms with E-state index in [1.165, 1.54) is 12.8 Å². The predicted molar refractivity (Wildman–Crippen MR) is 62.1 cm³/mol. The van der Waals surface area contributed by atoms with Crippen LogP contribution in [0.2, 0.25) is 0 Å². The number of hydrogen-bond donors (Lipinski definition) is 2. The van der Waals surface area contributed by atoms with Crippen molar-refractivity contribution in [2.75, 3.05) is 5.32 Å². The number of nitrogens with zero attached hydrogens (tertiary/aromatic N) is 2. The normalized spacial score (nSPS) is 15.0. The summed E-state index contributed by atoms with van der Waals surface area (Å²) in [6.07, 6.45) is 2.48. The molecule has 1 aliphatic rings. The highest BCUT2D eigenvalue weighted by atomic mass is 15.2. The zero-order chi connectivity index (χ0) is 10.8. The van der Waals surface area contributed by atoms with Crippen molar-refractivity contribution >= 4 is 5.69 Å². The fourth-order valence-corrected chi connectivity index (χ4v) is 1.66. The van der Waals surface area contributed by atoms with Crippen LogP contribution in [0.3, 0.4) is 0 Å². The molecule has 4 nitrogen and oxygen atoms in total. The number of nitrogens with one attached hydrogen (secondary N) is 2. The van der Waals surface area contributed by atoms with Crippen LogP contribution in [-0.4, -0.2) is 15.2 Å². The highest BCUT2D eigenvalue weighted by Gasteiger charge is 2.27. The summed E-state index contributed by atoms with van der Waals surface area (Å²) in [6.45, 7) is 0.698. The van der Waals surface area contributed by atoms with E-state index in [2.05, 4.69) is 20.5 Å². The van der Waals surface area contributed by atoms with Crippen LogP contribution in [0.5, 0.6) is 0 Å². The molecule has 4 heteroatoms. The van der Waals surface area contributed by atoms with Gasteiger partial charge in [-0.05, 0) is 25.0 Å². The Morgan fingerprint density at radius 1 is 1.25 bits per heavy atom. The van der Waals surface area contributed by atoms with Gasteiger partial charge in [-0.1, -0.05) is 18.2 Å². The molecule has 3 rings (SSSR count). The fourth-order valence-electron chi connectivity index (χ4n) is 1.66. The molecule has 0 saturated heterocycles. The summed E-state index contributed by atoms with van der Waals surface area (Å²) in [6, 6.07) is 10.1. The van der Waals surface area contributed by atoms with Crippen molar-refractivity contribution in [1.29, 1.82) is 0 Å². The Bertz CT molecular complexity index is 459. The van der Waals surface area contributed by atoms with Crippen LogP contribution >= 0.6 is 0 Å². The Labute approximate surface area is 94.1 Å². The van der Waals surface area contributed by atoms with Gasteiger partial charge in [0.1, 0.15) is 5.82 Å². The van der Waals surface area contributed by atoms with Crippen LogP contribution in [0.4, 0.5) is 5.69 Å². The van der Waals surface area contributed by atoms with Crippen molar-refractivity contribution in [2.24, 2.45) is 0 Å². The van der Waals surface area contributed by atoms with Crippen molar-refractivity contribution in [3.63, 3.8) is 0 Å². The number of aromatic nitrogens is 3. The van der Waals surface area contributed by atoms with E-state index in [0.717, 1.165) is 17.3 Å². The van der Waals surface area contributed by atoms with Crippen molar-refractivity contribution < 1.29 is 0 Å². The smallest absolute Gasteiger partial charge is 0.153 e. The maximum Gasteiger partial charge on any atom is 0.153 e. The molecule has 82 valence electrons. The zero-order valence-electron chi connectivity index (χ0n) is 8.98. The largest absolute Gasteiger partial charge is 0.378 e. The molecular formula is C12H14N4. The molecule has 1 saturated carbocycles. The molecule has 2 aromatic rings. The number of hydrogen-bond acceptors (Lipinski definition) is 3. The minimum Gasteiger partial charge on any atom is -0.378 e. The lowest BCUT2D eigenvalue weighted by atomic mass is 10.3. The van der Waals surface area contributed by atoms with E-state index in [9.17, 15) is 0 Å². The number of benzene rings is 1. The molecule has 1 fully saturated rings. The van der Waals surface area contributed by atoms with Gasteiger partial charge in [0.05, 0.1) is 6.54 Å². The standard InChI is InChI=1S/C12H14N4/c1-2-4-10(5-3-1)13-8-11-14-12(16-15-11)9-6-7-9/h1-5,9,13H,6-8H2,(H,14,15,16). The molecule has 16 heavy (non-hydrogen) atoms. The van der Waals surface area contributed by atoms with Gasteiger partial charge in [-0.15, -0.1) is 0 Å². The molecule has 0 amide bonds. The number of H-pyrrole nitrogens is 1. The van der Waals surface area contributed by atoms with Gasteiger partial charge in [-0.3, -0.25) is 5.10 Å². The van der Waals surface area contributed by atoms with Crippen molar-refractivity contribution in [3.05, 3.63) is 42.0 Å². The number of aromatic amines is 1. The third-order valence-corrected chi connectivity index (χ3v) is 2.73. The molecule has 1 aromatic carbocycles. The highest BCUT2D eigenvalue weighted by molar-refractivity contribution is 5.42. The molecule has 1 aliphatic carbocycles. The Kier molecular flexibility index (Phi) is 2.33. The molecule has 1 aromatic heterocycles. The van der Waals surface area contributed by atoms with E-state index in [0.29, 0.717) is 12.5 Å². The Morgan fingerprint density at radius 3 is 2.81 bits per heavy atom. The van der Waals surface area contributed by atoms with Crippen molar-refractivity contribution in [2.45, 2.75) is 25.3 Å². The molecule has 0 spiro atoms. The summed E-state index contributed by atoms with van der Waals surface area (Å²) in [5, 5.41) is 10.5. The molecule has 0 aliphatic heterocycles. The highest BCUT2D eigenvalue weighted by Crippen LogP contribution is 2.37. The van der Waals surface area contributed by atoms with Crippen LogP contribution in [0.1, 0.15) is 30.4 Å². The van der Waals surface area contributed by atoms with Gasteiger partial charge in [0.15, 0.2) is 5.82 Å². The maximum absolute atomic E-state index is 4.46. The van der Waals surface area contributed by atoms with Gasteiger partial charge in [0.25, 0.3) is 0 Å². The first-order chi connectivity index (χ1) is 7.92. The molecule has 0 bridgehead atoms. The molecule has 0 atom stereocenters. The average Bonchev–Trinajstić information content (AvgIpc) is 3.08. The third kappa shape index (κ3) is 2.05. The maximum atomic E-state index is 4.46. The Hall–Kier alpha value is -1.84. The Balaban J connectivity index is 1.61. The van der Waals surface area contributed by atoms with Gasteiger partial charge in [0, 0.05) is 11.6 Å². The van der Waals surface area contributed by atoms with E-state index in [1.807, 2.05) is 30.3 Å². The molecule has 1 heterocycles. The quantitative estimate of drug-likeness (QED) is 0.821. The zero-order valence-corrected chi connectivity index (χ0v) is 8.98. The van der Waals surface area contributed by atoms with Crippen LogP contribution in [0.15, 0.2) is 30.3 Å².